The van der Waals surface area contributed by atoms with E-state index in [9.17, 15) is 0 Å². The van der Waals surface area contributed by atoms with Gasteiger partial charge in [0.2, 0.25) is 0 Å². The van der Waals surface area contributed by atoms with Gasteiger partial charge in [0.05, 0.1) is 11.6 Å². The number of halogens is 3. The van der Waals surface area contributed by atoms with E-state index < -0.39 is 0 Å². The maximum Gasteiger partial charge on any atom is 0.164 e. The molecule has 3 rings (SSSR count). The van der Waals surface area contributed by atoms with E-state index in [1.54, 1.807) is 6.20 Å². The molecule has 6 heteroatoms. The average molecular weight is 416 g/mol. The first kappa shape index (κ1) is 14.0. The fourth-order valence-electron chi connectivity index (χ4n) is 2.20. The third-order valence-electron chi connectivity index (χ3n) is 3.05. The molecule has 0 bridgehead atoms. The average Bonchev–Trinajstić information content (AvgIpc) is 2.76. The second kappa shape index (κ2) is 5.47. The predicted molar refractivity (Wildman–Crippen MR) is 88.6 cm³/mol. The molecule has 1 aromatic carbocycles. The number of rotatable bonds is 2. The highest BCUT2D eigenvalue weighted by Gasteiger charge is 2.14. The van der Waals surface area contributed by atoms with Crippen molar-refractivity contribution >= 4 is 54.6 Å². The van der Waals surface area contributed by atoms with Gasteiger partial charge < -0.3 is 0 Å². The quantitative estimate of drug-likeness (QED) is 0.552. The molecule has 0 amide bonds. The van der Waals surface area contributed by atoms with Gasteiger partial charge in [0.15, 0.2) is 5.65 Å². The van der Waals surface area contributed by atoms with Crippen molar-refractivity contribution in [2.75, 3.05) is 0 Å². The van der Waals surface area contributed by atoms with Crippen LogP contribution in [-0.4, -0.2) is 14.5 Å². The van der Waals surface area contributed by atoms with Crippen molar-refractivity contribution in [3.63, 3.8) is 0 Å². The van der Waals surface area contributed by atoms with Gasteiger partial charge in [-0.3, -0.25) is 4.57 Å². The van der Waals surface area contributed by atoms with Crippen LogP contribution in [0.4, 0.5) is 0 Å². The molecule has 20 heavy (non-hydrogen) atoms. The second-order valence-corrected chi connectivity index (χ2v) is 6.52. The fourth-order valence-corrected chi connectivity index (χ4v) is 3.17. The number of nitrogens with zero attached hydrogens (tertiary/aromatic N) is 3. The van der Waals surface area contributed by atoms with E-state index in [0.717, 1.165) is 37.2 Å². The second-order valence-electron chi connectivity index (χ2n) is 4.42. The maximum atomic E-state index is 6.04. The molecule has 0 aliphatic carbocycles. The summed E-state index contributed by atoms with van der Waals surface area (Å²) in [6.07, 6.45) is 1.77. The Bertz CT molecular complexity index is 798. The summed E-state index contributed by atoms with van der Waals surface area (Å²) < 4.78 is 3.96. The molecular weight excluding hydrogens is 405 g/mol. The van der Waals surface area contributed by atoms with Crippen LogP contribution in [0.25, 0.3) is 16.9 Å². The summed E-state index contributed by atoms with van der Waals surface area (Å²) in [4.78, 5) is 9.03. The van der Waals surface area contributed by atoms with E-state index in [1.165, 1.54) is 0 Å². The van der Waals surface area contributed by atoms with Gasteiger partial charge in [-0.25, -0.2) is 9.97 Å². The predicted octanol–water partition coefficient (Wildman–Crippen LogP) is 4.99. The third kappa shape index (κ3) is 2.38. The summed E-state index contributed by atoms with van der Waals surface area (Å²) in [5.74, 6) is 1.13. The van der Waals surface area contributed by atoms with Crippen LogP contribution >= 0.6 is 43.5 Å². The van der Waals surface area contributed by atoms with Crippen molar-refractivity contribution in [3.8, 4) is 5.69 Å². The van der Waals surface area contributed by atoms with E-state index in [-0.39, 0.29) is 0 Å². The summed E-state index contributed by atoms with van der Waals surface area (Å²) in [6, 6.07) is 8.06. The van der Waals surface area contributed by atoms with E-state index in [1.807, 2.05) is 22.8 Å². The van der Waals surface area contributed by atoms with Gasteiger partial charge in [0, 0.05) is 15.1 Å². The molecule has 0 spiro atoms. The van der Waals surface area contributed by atoms with Crippen molar-refractivity contribution < 1.29 is 0 Å². The Hall–Kier alpha value is -0.910. The highest BCUT2D eigenvalue weighted by atomic mass is 79.9. The first-order valence-electron chi connectivity index (χ1n) is 5.95. The molecule has 0 N–H and O–H groups in total. The van der Waals surface area contributed by atoms with Crippen molar-refractivity contribution in [1.82, 2.24) is 14.5 Å². The number of pyridine rings is 1. The first-order chi connectivity index (χ1) is 9.60. The van der Waals surface area contributed by atoms with Crippen LogP contribution in [0.15, 0.2) is 39.4 Å². The molecule has 0 radical (unpaired) electrons. The molecule has 3 nitrogen and oxygen atoms in total. The topological polar surface area (TPSA) is 30.7 Å². The minimum absolute atomic E-state index is 0.337. The smallest absolute Gasteiger partial charge is 0.164 e. The summed E-state index contributed by atoms with van der Waals surface area (Å²) in [5, 5.41) is 0. The van der Waals surface area contributed by atoms with Crippen molar-refractivity contribution in [3.05, 3.63) is 50.8 Å². The number of aromatic nitrogens is 3. The highest BCUT2D eigenvalue weighted by molar-refractivity contribution is 9.10. The molecule has 0 atom stereocenters. The zero-order valence-electron chi connectivity index (χ0n) is 10.6. The Morgan fingerprint density at radius 1 is 1.20 bits per heavy atom. The lowest BCUT2D eigenvalue weighted by atomic mass is 10.2. The van der Waals surface area contributed by atoms with Gasteiger partial charge >= 0.3 is 0 Å². The normalized spacial score (nSPS) is 11.2. The molecule has 3 aromatic rings. The number of hydrogen-bond acceptors (Lipinski definition) is 2. The monoisotopic (exact) mass is 413 g/mol. The molecule has 0 aliphatic heterocycles. The summed E-state index contributed by atoms with van der Waals surface area (Å²) in [5.41, 5.74) is 3.82. The van der Waals surface area contributed by atoms with Crippen LogP contribution < -0.4 is 0 Å². The number of imidazole rings is 1. The molecule has 0 saturated heterocycles. The van der Waals surface area contributed by atoms with Gasteiger partial charge in [0.1, 0.15) is 11.3 Å². The summed E-state index contributed by atoms with van der Waals surface area (Å²) in [7, 11) is 0. The molecule has 102 valence electrons. The Morgan fingerprint density at radius 2 is 2.00 bits per heavy atom. The van der Waals surface area contributed by atoms with Gasteiger partial charge in [-0.2, -0.15) is 0 Å². The summed E-state index contributed by atoms with van der Waals surface area (Å²) in [6.45, 7) is 2.06. The van der Waals surface area contributed by atoms with Crippen molar-refractivity contribution in [2.45, 2.75) is 12.8 Å². The lowest BCUT2D eigenvalue weighted by Crippen LogP contribution is -2.02. The Balaban J connectivity index is 2.34. The lowest BCUT2D eigenvalue weighted by molar-refractivity contribution is 0.960. The Labute approximate surface area is 138 Å². The zero-order valence-corrected chi connectivity index (χ0v) is 14.5. The Morgan fingerprint density at radius 3 is 2.70 bits per heavy atom. The van der Waals surface area contributed by atoms with Crippen LogP contribution in [-0.2, 0) is 5.88 Å². The van der Waals surface area contributed by atoms with E-state index in [2.05, 4.69) is 54.8 Å². The van der Waals surface area contributed by atoms with Crippen LogP contribution in [0.1, 0.15) is 11.4 Å². The van der Waals surface area contributed by atoms with Gasteiger partial charge in [-0.1, -0.05) is 15.9 Å². The standard InChI is InChI=1S/C14H10Br2ClN3/c1-8-4-9(15)2-3-12(8)20-13(6-17)19-11-5-10(16)7-18-14(11)20/h2-5,7H,6H2,1H3. The number of aryl methyl sites for hydroxylation is 1. The molecule has 0 saturated carbocycles. The van der Waals surface area contributed by atoms with Crippen LogP contribution in [0.5, 0.6) is 0 Å². The molecule has 2 aromatic heterocycles. The van der Waals surface area contributed by atoms with Gasteiger partial charge in [-0.05, 0) is 52.7 Å². The minimum Gasteiger partial charge on any atom is -0.279 e. The molecule has 0 aliphatic rings. The Kier molecular flexibility index (Phi) is 3.84. The largest absolute Gasteiger partial charge is 0.279 e. The van der Waals surface area contributed by atoms with E-state index in [0.29, 0.717) is 5.88 Å². The molecule has 2 heterocycles. The lowest BCUT2D eigenvalue weighted by Gasteiger charge is -2.10. The highest BCUT2D eigenvalue weighted by Crippen LogP contribution is 2.26. The number of alkyl halides is 1. The molecule has 0 unspecified atom stereocenters. The van der Waals surface area contributed by atoms with Crippen LogP contribution in [0, 0.1) is 6.92 Å². The maximum absolute atomic E-state index is 6.04. The summed E-state index contributed by atoms with van der Waals surface area (Å²) >= 11 is 12.9. The zero-order chi connectivity index (χ0) is 14.3. The van der Waals surface area contributed by atoms with Crippen LogP contribution in [0.2, 0.25) is 0 Å². The molecule has 0 fully saturated rings. The number of hydrogen-bond donors (Lipinski definition) is 0. The van der Waals surface area contributed by atoms with Crippen molar-refractivity contribution in [2.24, 2.45) is 0 Å². The first-order valence-corrected chi connectivity index (χ1v) is 8.07. The van der Waals surface area contributed by atoms with Crippen molar-refractivity contribution in [1.29, 1.82) is 0 Å². The number of benzene rings is 1. The fraction of sp³-hybridized carbons (Fsp3) is 0.143. The number of fused-ring (bicyclic) bond motifs is 1. The van der Waals surface area contributed by atoms with Gasteiger partial charge in [-0.15, -0.1) is 11.6 Å². The van der Waals surface area contributed by atoms with E-state index in [4.69, 9.17) is 11.6 Å². The van der Waals surface area contributed by atoms with Crippen LogP contribution in [0.3, 0.4) is 0 Å². The molecular formula is C14H10Br2ClN3. The third-order valence-corrected chi connectivity index (χ3v) is 4.22. The van der Waals surface area contributed by atoms with E-state index >= 15 is 0 Å². The van der Waals surface area contributed by atoms with Gasteiger partial charge in [0.25, 0.3) is 0 Å². The minimum atomic E-state index is 0.337. The SMILES string of the molecule is Cc1cc(Br)ccc1-n1c(CCl)nc2cc(Br)cnc21.